The first-order valence-electron chi connectivity index (χ1n) is 9.17. The molecular formula is C19H24O6. The Hall–Kier alpha value is -1.40. The molecule has 0 aromatic rings. The van der Waals surface area contributed by atoms with Crippen molar-refractivity contribution in [3.8, 4) is 0 Å². The van der Waals surface area contributed by atoms with Crippen LogP contribution in [0.25, 0.3) is 0 Å². The molecule has 2 aliphatic carbocycles. The lowest BCUT2D eigenvalue weighted by Crippen LogP contribution is -2.63. The maximum Gasteiger partial charge on any atom is 0.331 e. The van der Waals surface area contributed by atoms with Gasteiger partial charge in [0.05, 0.1) is 11.5 Å². The summed E-state index contributed by atoms with van der Waals surface area (Å²) in [6, 6.07) is 0. The number of hydrogen-bond acceptors (Lipinski definition) is 6. The van der Waals surface area contributed by atoms with Crippen LogP contribution in [0.3, 0.4) is 0 Å². The third-order valence-corrected chi connectivity index (χ3v) is 7.53. The number of carbonyl (C=O) groups is 2. The summed E-state index contributed by atoms with van der Waals surface area (Å²) < 4.78 is 17.6. The Morgan fingerprint density at radius 2 is 1.96 bits per heavy atom. The van der Waals surface area contributed by atoms with E-state index in [0.29, 0.717) is 12.8 Å². The van der Waals surface area contributed by atoms with Crippen LogP contribution in [0.5, 0.6) is 0 Å². The molecule has 0 aromatic carbocycles. The van der Waals surface area contributed by atoms with Crippen LogP contribution in [0.2, 0.25) is 0 Å². The van der Waals surface area contributed by atoms with E-state index in [9.17, 15) is 14.7 Å². The molecular weight excluding hydrogens is 324 g/mol. The highest BCUT2D eigenvalue weighted by Gasteiger charge is 2.83. The zero-order chi connectivity index (χ0) is 17.9. The molecule has 0 amide bonds. The number of aliphatic hydroxyl groups excluding tert-OH is 1. The van der Waals surface area contributed by atoms with Crippen molar-refractivity contribution in [2.75, 3.05) is 0 Å². The van der Waals surface area contributed by atoms with E-state index in [2.05, 4.69) is 6.92 Å². The highest BCUT2D eigenvalue weighted by atomic mass is 16.7. The van der Waals surface area contributed by atoms with Crippen molar-refractivity contribution >= 4 is 11.9 Å². The molecule has 1 spiro atoms. The zero-order valence-electron chi connectivity index (χ0n) is 14.9. The van der Waals surface area contributed by atoms with Crippen molar-refractivity contribution in [1.82, 2.24) is 0 Å². The van der Waals surface area contributed by atoms with Gasteiger partial charge in [0.15, 0.2) is 5.60 Å². The number of carbonyl (C=O) groups excluding carboxylic acids is 2. The summed E-state index contributed by atoms with van der Waals surface area (Å²) in [6.07, 6.45) is 0.983. The van der Waals surface area contributed by atoms with E-state index in [4.69, 9.17) is 14.2 Å². The van der Waals surface area contributed by atoms with Gasteiger partial charge in [0.2, 0.25) is 0 Å². The van der Waals surface area contributed by atoms with Gasteiger partial charge in [0.1, 0.15) is 18.3 Å². The maximum absolute atomic E-state index is 12.7. The highest BCUT2D eigenvalue weighted by Crippen LogP contribution is 2.72. The number of esters is 2. The van der Waals surface area contributed by atoms with Crippen molar-refractivity contribution < 1.29 is 28.9 Å². The molecule has 25 heavy (non-hydrogen) atoms. The van der Waals surface area contributed by atoms with E-state index in [-0.39, 0.29) is 36.0 Å². The summed E-state index contributed by atoms with van der Waals surface area (Å²) >= 11 is 0. The minimum absolute atomic E-state index is 0.0930. The standard InChI is InChI=1S/C19H24O6/c1-8(2)14-19-9(7-11(21)23-14)17(3)6-5-10(20)18(4)13(17)12(15(19)25-19)24-16(18)22/h7-8,10,12-15,20H,5-6H2,1-4H3/t10-,12?,13?,14+,15+,17+,18?,19+/m0/s1. The SMILES string of the molecule is CC(C)[C@H]1OC(=O)C=C2[C@@]13O[C@@H]3C1OC(=O)C3(C)C1[C@]2(C)CC[C@@H]3O. The van der Waals surface area contributed by atoms with Gasteiger partial charge in [0, 0.05) is 12.0 Å². The monoisotopic (exact) mass is 348 g/mol. The fourth-order valence-corrected chi connectivity index (χ4v) is 6.39. The average molecular weight is 348 g/mol. The van der Waals surface area contributed by atoms with E-state index < -0.39 is 28.6 Å². The molecule has 0 bridgehead atoms. The van der Waals surface area contributed by atoms with Crippen molar-refractivity contribution in [2.24, 2.45) is 22.7 Å². The number of aliphatic hydroxyl groups is 1. The fraction of sp³-hybridized carbons (Fsp3) is 0.789. The molecule has 136 valence electrons. The summed E-state index contributed by atoms with van der Waals surface area (Å²) in [5, 5.41) is 10.6. The van der Waals surface area contributed by atoms with Crippen LogP contribution in [0.1, 0.15) is 40.5 Å². The van der Waals surface area contributed by atoms with Crippen LogP contribution >= 0.6 is 0 Å². The normalized spacial score (nSPS) is 55.6. The second kappa shape index (κ2) is 4.29. The first kappa shape index (κ1) is 15.8. The van der Waals surface area contributed by atoms with E-state index in [1.807, 2.05) is 13.8 Å². The van der Waals surface area contributed by atoms with Gasteiger partial charge in [-0.1, -0.05) is 20.8 Å². The number of cyclic esters (lactones) is 1. The smallest absolute Gasteiger partial charge is 0.331 e. The first-order valence-corrected chi connectivity index (χ1v) is 9.17. The van der Waals surface area contributed by atoms with Crippen molar-refractivity contribution in [2.45, 2.75) is 70.6 Å². The molecule has 2 saturated carbocycles. The predicted octanol–water partition coefficient (Wildman–Crippen LogP) is 1.35. The summed E-state index contributed by atoms with van der Waals surface area (Å²) in [5.41, 5.74) is -1.11. The predicted molar refractivity (Wildman–Crippen MR) is 85.2 cm³/mol. The maximum atomic E-state index is 12.7. The minimum Gasteiger partial charge on any atom is -0.459 e. The van der Waals surface area contributed by atoms with Crippen LogP contribution in [0, 0.1) is 22.7 Å². The largest absolute Gasteiger partial charge is 0.459 e. The third kappa shape index (κ3) is 1.51. The molecule has 6 heteroatoms. The number of hydrogen-bond donors (Lipinski definition) is 1. The van der Waals surface area contributed by atoms with Crippen LogP contribution in [-0.2, 0) is 23.8 Å². The van der Waals surface area contributed by atoms with Gasteiger partial charge in [-0.3, -0.25) is 4.79 Å². The Bertz CT molecular complexity index is 727. The van der Waals surface area contributed by atoms with Gasteiger partial charge in [-0.15, -0.1) is 0 Å². The molecule has 5 aliphatic rings. The molecule has 0 radical (unpaired) electrons. The van der Waals surface area contributed by atoms with E-state index in [0.717, 1.165) is 5.57 Å². The molecule has 3 aliphatic heterocycles. The molecule has 5 rings (SSSR count). The van der Waals surface area contributed by atoms with Crippen LogP contribution in [0.4, 0.5) is 0 Å². The Balaban J connectivity index is 1.72. The Morgan fingerprint density at radius 1 is 1.24 bits per heavy atom. The second-order valence-electron chi connectivity index (χ2n) is 9.09. The van der Waals surface area contributed by atoms with Crippen LogP contribution in [0.15, 0.2) is 11.6 Å². The Labute approximate surface area is 146 Å². The van der Waals surface area contributed by atoms with Gasteiger partial charge in [-0.05, 0) is 36.7 Å². The fourth-order valence-electron chi connectivity index (χ4n) is 6.39. The quantitative estimate of drug-likeness (QED) is 0.569. The highest BCUT2D eigenvalue weighted by molar-refractivity contribution is 5.87. The second-order valence-corrected chi connectivity index (χ2v) is 9.09. The van der Waals surface area contributed by atoms with Crippen LogP contribution in [-0.4, -0.2) is 47.1 Å². The molecule has 1 N–H and O–H groups in total. The first-order chi connectivity index (χ1) is 11.7. The third-order valence-electron chi connectivity index (χ3n) is 7.53. The number of rotatable bonds is 1. The van der Waals surface area contributed by atoms with Crippen LogP contribution < -0.4 is 0 Å². The van der Waals surface area contributed by atoms with Gasteiger partial charge < -0.3 is 19.3 Å². The average Bonchev–Trinajstić information content (AvgIpc) is 3.20. The summed E-state index contributed by atoms with van der Waals surface area (Å²) in [6.45, 7) is 7.92. The molecule has 8 atom stereocenters. The summed E-state index contributed by atoms with van der Waals surface area (Å²) in [7, 11) is 0. The number of epoxide rings is 1. The minimum atomic E-state index is -0.953. The van der Waals surface area contributed by atoms with Crippen molar-refractivity contribution in [3.63, 3.8) is 0 Å². The van der Waals surface area contributed by atoms with Gasteiger partial charge in [-0.2, -0.15) is 0 Å². The lowest BCUT2D eigenvalue weighted by atomic mass is 9.46. The van der Waals surface area contributed by atoms with E-state index in [1.54, 1.807) is 13.0 Å². The Kier molecular flexibility index (Phi) is 2.71. The van der Waals surface area contributed by atoms with Gasteiger partial charge in [-0.25, -0.2) is 4.79 Å². The number of fused-ring (bicyclic) bond motifs is 2. The molecule has 2 saturated heterocycles. The topological polar surface area (TPSA) is 85.4 Å². The molecule has 4 fully saturated rings. The summed E-state index contributed by atoms with van der Waals surface area (Å²) in [4.78, 5) is 25.0. The van der Waals surface area contributed by atoms with Crippen molar-refractivity contribution in [1.29, 1.82) is 0 Å². The summed E-state index contributed by atoms with van der Waals surface area (Å²) in [5.74, 6) is -0.789. The molecule has 3 unspecified atom stereocenters. The zero-order valence-corrected chi connectivity index (χ0v) is 14.9. The van der Waals surface area contributed by atoms with Gasteiger partial charge in [0.25, 0.3) is 0 Å². The van der Waals surface area contributed by atoms with E-state index >= 15 is 0 Å². The molecule has 3 heterocycles. The lowest BCUT2D eigenvalue weighted by Gasteiger charge is -2.55. The van der Waals surface area contributed by atoms with Gasteiger partial charge >= 0.3 is 11.9 Å². The molecule has 6 nitrogen and oxygen atoms in total. The van der Waals surface area contributed by atoms with Crippen molar-refractivity contribution in [3.05, 3.63) is 11.6 Å². The number of ether oxygens (including phenoxy) is 3. The Morgan fingerprint density at radius 3 is 2.64 bits per heavy atom. The van der Waals surface area contributed by atoms with E-state index in [1.165, 1.54) is 0 Å². The lowest BCUT2D eigenvalue weighted by molar-refractivity contribution is -0.157. The molecule has 0 aromatic heterocycles.